The summed E-state index contributed by atoms with van der Waals surface area (Å²) in [4.78, 5) is 21.3. The molecule has 6 aliphatic rings. The lowest BCUT2D eigenvalue weighted by molar-refractivity contribution is -0.499. The molecule has 0 aromatic heterocycles. The fourth-order valence-corrected chi connectivity index (χ4v) is 10.3. The molecule has 156 valence electrons. The number of likely N-dealkylation sites (tertiary alicyclic amines) is 1. The Kier molecular flexibility index (Phi) is 3.73. The van der Waals surface area contributed by atoms with Crippen molar-refractivity contribution in [3.05, 3.63) is 0 Å². The summed E-state index contributed by atoms with van der Waals surface area (Å²) in [5.41, 5.74) is 1.49. The van der Waals surface area contributed by atoms with Crippen LogP contribution in [0.1, 0.15) is 65.2 Å². The fourth-order valence-electron chi connectivity index (χ4n) is 10.3. The Morgan fingerprint density at radius 3 is 2.21 bits per heavy atom. The van der Waals surface area contributed by atoms with Crippen molar-refractivity contribution >= 4 is 5.91 Å². The molecule has 4 heteroatoms. The van der Waals surface area contributed by atoms with E-state index < -0.39 is 0 Å². The Morgan fingerprint density at radius 1 is 0.821 bits per heavy atom. The van der Waals surface area contributed by atoms with Crippen LogP contribution in [0.15, 0.2) is 0 Å². The molecule has 1 amide bonds. The van der Waals surface area contributed by atoms with Gasteiger partial charge in [-0.15, -0.1) is 0 Å². The number of nitrogens with zero attached hydrogens (tertiary/aromatic N) is 3. The lowest BCUT2D eigenvalue weighted by Gasteiger charge is -2.98. The van der Waals surface area contributed by atoms with Crippen LogP contribution in [0.3, 0.4) is 0 Å². The van der Waals surface area contributed by atoms with E-state index >= 15 is 0 Å². The maximum absolute atomic E-state index is 13.7. The van der Waals surface area contributed by atoms with E-state index in [0.717, 1.165) is 32.0 Å². The van der Waals surface area contributed by atoms with E-state index in [-0.39, 0.29) is 5.41 Å². The van der Waals surface area contributed by atoms with E-state index in [0.29, 0.717) is 22.2 Å². The number of rotatable bonds is 5. The van der Waals surface area contributed by atoms with Crippen LogP contribution in [-0.2, 0) is 4.79 Å². The molecule has 0 radical (unpaired) electrons. The van der Waals surface area contributed by atoms with Crippen LogP contribution in [0.5, 0.6) is 0 Å². The molecular formula is C24H39N3O. The van der Waals surface area contributed by atoms with E-state index in [1.54, 1.807) is 0 Å². The molecule has 1 spiro atoms. The maximum Gasteiger partial charge on any atom is 0.229 e. The van der Waals surface area contributed by atoms with E-state index in [9.17, 15) is 4.79 Å². The Balaban J connectivity index is 1.06. The predicted molar refractivity (Wildman–Crippen MR) is 111 cm³/mol. The van der Waals surface area contributed by atoms with E-state index in [2.05, 4.69) is 28.5 Å². The van der Waals surface area contributed by atoms with Crippen molar-refractivity contribution in [3.63, 3.8) is 0 Å². The quantitative estimate of drug-likeness (QED) is 0.727. The SMILES string of the molecule is CC12CC3CC4(C(=O)N5CCCN(CCCN6CCCC6)CC5)CC(C)(C1)C324. The highest BCUT2D eigenvalue weighted by atomic mass is 16.2. The Labute approximate surface area is 171 Å². The molecule has 0 aromatic carbocycles. The molecule has 4 saturated carbocycles. The topological polar surface area (TPSA) is 26.8 Å². The average Bonchev–Trinajstić information content (AvgIpc) is 3.01. The zero-order valence-corrected chi connectivity index (χ0v) is 18.1. The van der Waals surface area contributed by atoms with E-state index in [1.807, 2.05) is 0 Å². The van der Waals surface area contributed by atoms with Crippen molar-refractivity contribution in [1.82, 2.24) is 14.7 Å². The van der Waals surface area contributed by atoms with Gasteiger partial charge in [0, 0.05) is 19.6 Å². The first kappa shape index (κ1) is 18.2. The smallest absolute Gasteiger partial charge is 0.229 e. The van der Waals surface area contributed by atoms with Gasteiger partial charge in [0.05, 0.1) is 5.41 Å². The standard InChI is InChI=1S/C24H39N3O/c1-21-15-19-16-23(18-22(2,17-21)24(19,21)23)20(28)27-12-6-11-26(13-14-27)10-5-9-25-7-3-4-8-25/h19H,3-18H2,1-2H3. The van der Waals surface area contributed by atoms with Gasteiger partial charge in [-0.1, -0.05) is 13.8 Å². The summed E-state index contributed by atoms with van der Waals surface area (Å²) in [6, 6.07) is 0. The number of hydrogen-bond acceptors (Lipinski definition) is 3. The summed E-state index contributed by atoms with van der Waals surface area (Å²) in [6.07, 6.45) is 10.4. The van der Waals surface area contributed by atoms with Gasteiger partial charge in [-0.3, -0.25) is 4.79 Å². The molecule has 2 saturated heterocycles. The highest BCUT2D eigenvalue weighted by Gasteiger charge is 2.98. The van der Waals surface area contributed by atoms with Gasteiger partial charge in [0.25, 0.3) is 0 Å². The van der Waals surface area contributed by atoms with Gasteiger partial charge in [-0.2, -0.15) is 0 Å². The van der Waals surface area contributed by atoms with Crippen LogP contribution in [-0.4, -0.2) is 73.0 Å². The second-order valence-electron chi connectivity index (χ2n) is 11.9. The molecule has 5 atom stereocenters. The molecule has 6 fully saturated rings. The Bertz CT molecular complexity index is 679. The minimum absolute atomic E-state index is 0.0581. The fraction of sp³-hybridized carbons (Fsp3) is 0.958. The van der Waals surface area contributed by atoms with Crippen molar-refractivity contribution in [1.29, 1.82) is 0 Å². The lowest BCUT2D eigenvalue weighted by atomic mass is 9.05. The molecule has 5 unspecified atom stereocenters. The van der Waals surface area contributed by atoms with Crippen LogP contribution in [0.4, 0.5) is 0 Å². The van der Waals surface area contributed by atoms with Crippen molar-refractivity contribution < 1.29 is 4.79 Å². The molecular weight excluding hydrogens is 346 g/mol. The van der Waals surface area contributed by atoms with Crippen LogP contribution in [0, 0.1) is 27.6 Å². The van der Waals surface area contributed by atoms with Crippen molar-refractivity contribution in [2.45, 2.75) is 65.2 Å². The van der Waals surface area contributed by atoms with Gasteiger partial charge in [0.2, 0.25) is 5.91 Å². The van der Waals surface area contributed by atoms with E-state index in [4.69, 9.17) is 0 Å². The average molecular weight is 386 g/mol. The van der Waals surface area contributed by atoms with Crippen molar-refractivity contribution in [2.75, 3.05) is 52.4 Å². The summed E-state index contributed by atoms with van der Waals surface area (Å²) in [7, 11) is 0. The summed E-state index contributed by atoms with van der Waals surface area (Å²) in [6.45, 7) is 14.3. The monoisotopic (exact) mass is 385 g/mol. The van der Waals surface area contributed by atoms with Gasteiger partial charge in [0.15, 0.2) is 0 Å². The third-order valence-electron chi connectivity index (χ3n) is 10.5. The molecule has 0 bridgehead atoms. The number of hydrogen-bond donors (Lipinski definition) is 0. The van der Waals surface area contributed by atoms with Crippen molar-refractivity contribution in [2.24, 2.45) is 27.6 Å². The normalized spacial score (nSPS) is 49.8. The van der Waals surface area contributed by atoms with Crippen LogP contribution in [0.25, 0.3) is 0 Å². The van der Waals surface area contributed by atoms with Crippen molar-refractivity contribution in [3.8, 4) is 0 Å². The second-order valence-corrected chi connectivity index (χ2v) is 11.9. The predicted octanol–water partition coefficient (Wildman–Crippen LogP) is 3.22. The Hall–Kier alpha value is -0.610. The first-order valence-corrected chi connectivity index (χ1v) is 12.2. The van der Waals surface area contributed by atoms with E-state index in [1.165, 1.54) is 77.7 Å². The van der Waals surface area contributed by atoms with Gasteiger partial charge >= 0.3 is 0 Å². The summed E-state index contributed by atoms with van der Waals surface area (Å²) < 4.78 is 0. The highest BCUT2D eigenvalue weighted by molar-refractivity contribution is 5.89. The first-order valence-electron chi connectivity index (χ1n) is 12.2. The summed E-state index contributed by atoms with van der Waals surface area (Å²) in [5, 5.41) is 0. The second kappa shape index (κ2) is 5.75. The molecule has 0 aromatic rings. The third-order valence-corrected chi connectivity index (χ3v) is 10.5. The van der Waals surface area contributed by atoms with Crippen LogP contribution >= 0.6 is 0 Å². The first-order chi connectivity index (χ1) is 13.4. The molecule has 2 aliphatic heterocycles. The van der Waals surface area contributed by atoms with Gasteiger partial charge in [-0.25, -0.2) is 0 Å². The summed E-state index contributed by atoms with van der Waals surface area (Å²) >= 11 is 0. The minimum Gasteiger partial charge on any atom is -0.341 e. The molecule has 4 nitrogen and oxygen atoms in total. The molecule has 0 N–H and O–H groups in total. The number of amides is 1. The lowest BCUT2D eigenvalue weighted by Crippen LogP contribution is -2.95. The van der Waals surface area contributed by atoms with Crippen LogP contribution in [0.2, 0.25) is 0 Å². The molecule has 4 aliphatic carbocycles. The highest BCUT2D eigenvalue weighted by Crippen LogP contribution is 3.01. The zero-order chi connectivity index (χ0) is 19.2. The Morgan fingerprint density at radius 2 is 1.54 bits per heavy atom. The maximum atomic E-state index is 13.7. The van der Waals surface area contributed by atoms with Crippen LogP contribution < -0.4 is 0 Å². The van der Waals surface area contributed by atoms with Gasteiger partial charge in [-0.05, 0) is 106 Å². The van der Waals surface area contributed by atoms with Gasteiger partial charge in [0.1, 0.15) is 0 Å². The number of carbonyl (C=O) groups is 1. The van der Waals surface area contributed by atoms with Gasteiger partial charge < -0.3 is 14.7 Å². The third kappa shape index (κ3) is 1.93. The zero-order valence-electron chi connectivity index (χ0n) is 18.1. The molecule has 28 heavy (non-hydrogen) atoms. The largest absolute Gasteiger partial charge is 0.341 e. The molecule has 2 heterocycles. The summed E-state index contributed by atoms with van der Waals surface area (Å²) in [5.74, 6) is 1.44. The number of carbonyl (C=O) groups excluding carboxylic acids is 1. The molecule has 6 rings (SSSR count). The minimum atomic E-state index is 0.0581.